The standard InChI is InChI=1S/C15H16ClNO/c1-11-6-3-4-8-14(11)18-15-9-5-7-13(16)12(15)10-17-2/h3-9,17H,10H2,1-2H3. The van der Waals surface area contributed by atoms with Crippen molar-refractivity contribution in [2.75, 3.05) is 7.05 Å². The Kier molecular flexibility index (Phi) is 4.24. The van der Waals surface area contributed by atoms with Crippen LogP contribution in [0, 0.1) is 6.92 Å². The number of benzene rings is 2. The van der Waals surface area contributed by atoms with E-state index in [1.807, 2.05) is 56.4 Å². The highest BCUT2D eigenvalue weighted by molar-refractivity contribution is 6.31. The quantitative estimate of drug-likeness (QED) is 0.892. The fourth-order valence-corrected chi connectivity index (χ4v) is 2.00. The maximum atomic E-state index is 6.19. The molecule has 3 heteroatoms. The van der Waals surface area contributed by atoms with Crippen molar-refractivity contribution in [2.24, 2.45) is 0 Å². The first-order valence-electron chi connectivity index (χ1n) is 5.88. The Morgan fingerprint density at radius 2 is 1.78 bits per heavy atom. The van der Waals surface area contributed by atoms with Gasteiger partial charge in [-0.25, -0.2) is 0 Å². The highest BCUT2D eigenvalue weighted by Gasteiger charge is 2.09. The number of halogens is 1. The normalized spacial score (nSPS) is 10.4. The molecule has 0 spiro atoms. The fraction of sp³-hybridized carbons (Fsp3) is 0.200. The average molecular weight is 262 g/mol. The van der Waals surface area contributed by atoms with Crippen molar-refractivity contribution in [3.8, 4) is 11.5 Å². The Morgan fingerprint density at radius 3 is 2.50 bits per heavy atom. The van der Waals surface area contributed by atoms with Crippen LogP contribution >= 0.6 is 11.6 Å². The summed E-state index contributed by atoms with van der Waals surface area (Å²) in [7, 11) is 1.89. The largest absolute Gasteiger partial charge is 0.457 e. The second-order valence-corrected chi connectivity index (χ2v) is 4.52. The third kappa shape index (κ3) is 2.84. The summed E-state index contributed by atoms with van der Waals surface area (Å²) in [5.41, 5.74) is 2.08. The summed E-state index contributed by atoms with van der Waals surface area (Å²) < 4.78 is 5.95. The van der Waals surface area contributed by atoms with Gasteiger partial charge in [0.05, 0.1) is 0 Å². The smallest absolute Gasteiger partial charge is 0.133 e. The van der Waals surface area contributed by atoms with Gasteiger partial charge in [0, 0.05) is 17.1 Å². The van der Waals surface area contributed by atoms with Crippen molar-refractivity contribution in [1.29, 1.82) is 0 Å². The molecule has 0 bridgehead atoms. The van der Waals surface area contributed by atoms with E-state index in [0.717, 1.165) is 27.6 Å². The zero-order valence-corrected chi connectivity index (χ0v) is 11.3. The summed E-state index contributed by atoms with van der Waals surface area (Å²) in [6.07, 6.45) is 0. The molecule has 0 aliphatic rings. The summed E-state index contributed by atoms with van der Waals surface area (Å²) in [4.78, 5) is 0. The molecule has 0 atom stereocenters. The lowest BCUT2D eigenvalue weighted by Crippen LogP contribution is -2.07. The third-order valence-corrected chi connectivity index (χ3v) is 3.10. The predicted molar refractivity (Wildman–Crippen MR) is 75.5 cm³/mol. The Morgan fingerprint density at radius 1 is 1.06 bits per heavy atom. The van der Waals surface area contributed by atoms with E-state index < -0.39 is 0 Å². The zero-order chi connectivity index (χ0) is 13.0. The minimum absolute atomic E-state index is 0.681. The molecule has 18 heavy (non-hydrogen) atoms. The Bertz CT molecular complexity index is 540. The molecular formula is C15H16ClNO. The molecule has 2 aromatic rings. The van der Waals surface area contributed by atoms with E-state index in [1.54, 1.807) is 0 Å². The van der Waals surface area contributed by atoms with Crippen LogP contribution in [0.4, 0.5) is 0 Å². The van der Waals surface area contributed by atoms with Crippen LogP contribution < -0.4 is 10.1 Å². The van der Waals surface area contributed by atoms with Crippen LogP contribution in [0.2, 0.25) is 5.02 Å². The van der Waals surface area contributed by atoms with Gasteiger partial charge in [-0.05, 0) is 37.7 Å². The van der Waals surface area contributed by atoms with Gasteiger partial charge in [0.15, 0.2) is 0 Å². The molecule has 0 amide bonds. The second kappa shape index (κ2) is 5.89. The van der Waals surface area contributed by atoms with Gasteiger partial charge in [-0.2, -0.15) is 0 Å². The molecule has 0 saturated carbocycles. The highest BCUT2D eigenvalue weighted by Crippen LogP contribution is 2.31. The minimum Gasteiger partial charge on any atom is -0.457 e. The van der Waals surface area contributed by atoms with E-state index >= 15 is 0 Å². The van der Waals surface area contributed by atoms with Gasteiger partial charge in [0.25, 0.3) is 0 Å². The van der Waals surface area contributed by atoms with Gasteiger partial charge in [0.1, 0.15) is 11.5 Å². The number of para-hydroxylation sites is 1. The molecule has 2 nitrogen and oxygen atoms in total. The molecule has 0 fully saturated rings. The number of aryl methyl sites for hydroxylation is 1. The SMILES string of the molecule is CNCc1c(Cl)cccc1Oc1ccccc1C. The van der Waals surface area contributed by atoms with Gasteiger partial charge in [0.2, 0.25) is 0 Å². The van der Waals surface area contributed by atoms with Gasteiger partial charge in [-0.1, -0.05) is 35.9 Å². The number of hydrogen-bond donors (Lipinski definition) is 1. The molecular weight excluding hydrogens is 246 g/mol. The van der Waals surface area contributed by atoms with Crippen LogP contribution in [0.15, 0.2) is 42.5 Å². The summed E-state index contributed by atoms with van der Waals surface area (Å²) in [5, 5.41) is 3.82. The summed E-state index contributed by atoms with van der Waals surface area (Å²) in [5.74, 6) is 1.66. The topological polar surface area (TPSA) is 21.3 Å². The first-order chi connectivity index (χ1) is 8.72. The molecule has 0 aliphatic heterocycles. The Balaban J connectivity index is 2.34. The second-order valence-electron chi connectivity index (χ2n) is 4.11. The number of rotatable bonds is 4. The molecule has 2 aromatic carbocycles. The van der Waals surface area contributed by atoms with E-state index in [1.165, 1.54) is 0 Å². The first kappa shape index (κ1) is 12.9. The lowest BCUT2D eigenvalue weighted by Gasteiger charge is -2.13. The van der Waals surface area contributed by atoms with Gasteiger partial charge in [-0.15, -0.1) is 0 Å². The average Bonchev–Trinajstić information content (AvgIpc) is 2.36. The van der Waals surface area contributed by atoms with Crippen LogP contribution in [0.1, 0.15) is 11.1 Å². The molecule has 0 heterocycles. The van der Waals surface area contributed by atoms with Gasteiger partial charge >= 0.3 is 0 Å². The molecule has 0 radical (unpaired) electrons. The molecule has 0 aromatic heterocycles. The zero-order valence-electron chi connectivity index (χ0n) is 10.5. The van der Waals surface area contributed by atoms with E-state index in [9.17, 15) is 0 Å². The van der Waals surface area contributed by atoms with Gasteiger partial charge < -0.3 is 10.1 Å². The fourth-order valence-electron chi connectivity index (χ4n) is 1.77. The van der Waals surface area contributed by atoms with Gasteiger partial charge in [-0.3, -0.25) is 0 Å². The first-order valence-corrected chi connectivity index (χ1v) is 6.25. The molecule has 0 unspecified atom stereocenters. The van der Waals surface area contributed by atoms with Crippen molar-refractivity contribution in [1.82, 2.24) is 5.32 Å². The van der Waals surface area contributed by atoms with Crippen LogP contribution in [0.25, 0.3) is 0 Å². The van der Waals surface area contributed by atoms with Crippen LogP contribution in [-0.4, -0.2) is 7.05 Å². The third-order valence-electron chi connectivity index (χ3n) is 2.74. The number of ether oxygens (including phenoxy) is 1. The van der Waals surface area contributed by atoms with E-state index in [4.69, 9.17) is 16.3 Å². The molecule has 0 saturated heterocycles. The van der Waals surface area contributed by atoms with Crippen molar-refractivity contribution >= 4 is 11.6 Å². The van der Waals surface area contributed by atoms with E-state index in [-0.39, 0.29) is 0 Å². The molecule has 94 valence electrons. The predicted octanol–water partition coefficient (Wildman–Crippen LogP) is 4.16. The minimum atomic E-state index is 0.681. The lowest BCUT2D eigenvalue weighted by atomic mass is 10.2. The van der Waals surface area contributed by atoms with Crippen LogP contribution in [-0.2, 0) is 6.54 Å². The number of nitrogens with one attached hydrogen (secondary N) is 1. The van der Waals surface area contributed by atoms with E-state index in [2.05, 4.69) is 5.32 Å². The maximum absolute atomic E-state index is 6.19. The maximum Gasteiger partial charge on any atom is 0.133 e. The Hall–Kier alpha value is -1.51. The van der Waals surface area contributed by atoms with E-state index in [0.29, 0.717) is 6.54 Å². The summed E-state index contributed by atoms with van der Waals surface area (Å²) in [6.45, 7) is 2.71. The van der Waals surface area contributed by atoms with Crippen molar-refractivity contribution in [3.63, 3.8) is 0 Å². The van der Waals surface area contributed by atoms with Crippen LogP contribution in [0.5, 0.6) is 11.5 Å². The molecule has 0 aliphatic carbocycles. The van der Waals surface area contributed by atoms with Crippen LogP contribution in [0.3, 0.4) is 0 Å². The molecule has 2 rings (SSSR count). The monoisotopic (exact) mass is 261 g/mol. The summed E-state index contributed by atoms with van der Waals surface area (Å²) >= 11 is 6.19. The Labute approximate surface area is 113 Å². The summed E-state index contributed by atoms with van der Waals surface area (Å²) in [6, 6.07) is 13.6. The van der Waals surface area contributed by atoms with Crippen molar-refractivity contribution in [2.45, 2.75) is 13.5 Å². The molecule has 1 N–H and O–H groups in total. The lowest BCUT2D eigenvalue weighted by molar-refractivity contribution is 0.471. The van der Waals surface area contributed by atoms with Crippen molar-refractivity contribution in [3.05, 3.63) is 58.6 Å². The van der Waals surface area contributed by atoms with Crippen molar-refractivity contribution < 1.29 is 4.74 Å². The highest BCUT2D eigenvalue weighted by atomic mass is 35.5. The number of hydrogen-bond acceptors (Lipinski definition) is 2.